The quantitative estimate of drug-likeness (QED) is 0.759. The minimum absolute atomic E-state index is 0.285. The fraction of sp³-hybridized carbons (Fsp3) is 0. The highest BCUT2D eigenvalue weighted by Crippen LogP contribution is 2.25. The molecule has 8 heteroatoms. The minimum Gasteiger partial charge on any atom is -0.476 e. The van der Waals surface area contributed by atoms with E-state index in [0.717, 1.165) is 5.69 Å². The smallest absolute Gasteiger partial charge is 0.356 e. The van der Waals surface area contributed by atoms with Crippen LogP contribution >= 0.6 is 11.6 Å². The Bertz CT molecular complexity index is 909. The Morgan fingerprint density at radius 1 is 1.08 bits per heavy atom. The van der Waals surface area contributed by atoms with E-state index in [1.54, 1.807) is 18.2 Å². The van der Waals surface area contributed by atoms with Crippen molar-refractivity contribution in [2.75, 3.05) is 5.32 Å². The zero-order chi connectivity index (χ0) is 17.1. The number of hydrogen-bond donors (Lipinski definition) is 2. The number of nitrogens with one attached hydrogen (secondary N) is 1. The van der Waals surface area contributed by atoms with Crippen molar-refractivity contribution in [2.24, 2.45) is 0 Å². The van der Waals surface area contributed by atoms with Gasteiger partial charge in [-0.1, -0.05) is 11.6 Å². The number of benzene rings is 1. The second-order valence-electron chi connectivity index (χ2n) is 4.77. The Balaban J connectivity index is 1.93. The van der Waals surface area contributed by atoms with Gasteiger partial charge in [0.05, 0.1) is 10.7 Å². The Morgan fingerprint density at radius 2 is 1.75 bits per heavy atom. The number of aromatic nitrogens is 3. The number of rotatable bonds is 4. The molecule has 1 aromatic carbocycles. The SMILES string of the molecule is O=C(O)c1nccnc1C(=O)Nc1cc(-n2cccc2)ccc1Cl. The Hall–Kier alpha value is -3.19. The fourth-order valence-corrected chi connectivity index (χ4v) is 2.28. The second-order valence-corrected chi connectivity index (χ2v) is 5.17. The van der Waals surface area contributed by atoms with E-state index in [4.69, 9.17) is 16.7 Å². The highest BCUT2D eigenvalue weighted by molar-refractivity contribution is 6.34. The molecule has 120 valence electrons. The van der Waals surface area contributed by atoms with Gasteiger partial charge in [-0.2, -0.15) is 0 Å². The first-order chi connectivity index (χ1) is 11.6. The maximum Gasteiger partial charge on any atom is 0.356 e. The van der Waals surface area contributed by atoms with E-state index in [0.29, 0.717) is 10.7 Å². The molecule has 0 unspecified atom stereocenters. The summed E-state index contributed by atoms with van der Waals surface area (Å²) in [6, 6.07) is 8.85. The van der Waals surface area contributed by atoms with Crippen LogP contribution in [-0.4, -0.2) is 31.5 Å². The number of amides is 1. The molecule has 0 radical (unpaired) electrons. The van der Waals surface area contributed by atoms with E-state index in [-0.39, 0.29) is 5.69 Å². The van der Waals surface area contributed by atoms with Gasteiger partial charge in [0.2, 0.25) is 0 Å². The van der Waals surface area contributed by atoms with Gasteiger partial charge >= 0.3 is 5.97 Å². The number of carboxylic acid groups (broad SMARTS) is 1. The maximum absolute atomic E-state index is 12.3. The molecule has 0 aliphatic heterocycles. The van der Waals surface area contributed by atoms with Crippen molar-refractivity contribution in [3.63, 3.8) is 0 Å². The Kier molecular flexibility index (Phi) is 4.26. The molecule has 0 atom stereocenters. The van der Waals surface area contributed by atoms with E-state index < -0.39 is 17.6 Å². The molecule has 2 aromatic heterocycles. The molecule has 24 heavy (non-hydrogen) atoms. The van der Waals surface area contributed by atoms with Crippen molar-refractivity contribution in [2.45, 2.75) is 0 Å². The molecular formula is C16H11ClN4O3. The number of halogens is 1. The molecule has 3 rings (SSSR count). The van der Waals surface area contributed by atoms with E-state index in [9.17, 15) is 9.59 Å². The molecule has 0 saturated carbocycles. The largest absolute Gasteiger partial charge is 0.476 e. The van der Waals surface area contributed by atoms with Gasteiger partial charge in [-0.05, 0) is 30.3 Å². The number of carboxylic acids is 1. The molecular weight excluding hydrogens is 332 g/mol. The van der Waals surface area contributed by atoms with Crippen LogP contribution in [-0.2, 0) is 0 Å². The number of hydrogen-bond acceptors (Lipinski definition) is 4. The van der Waals surface area contributed by atoms with Gasteiger partial charge in [-0.15, -0.1) is 0 Å². The first kappa shape index (κ1) is 15.7. The highest BCUT2D eigenvalue weighted by atomic mass is 35.5. The van der Waals surface area contributed by atoms with Gasteiger partial charge in [0, 0.05) is 30.5 Å². The summed E-state index contributed by atoms with van der Waals surface area (Å²) in [5.74, 6) is -2.03. The molecule has 0 spiro atoms. The summed E-state index contributed by atoms with van der Waals surface area (Å²) >= 11 is 6.12. The summed E-state index contributed by atoms with van der Waals surface area (Å²) < 4.78 is 1.84. The molecule has 0 bridgehead atoms. The summed E-state index contributed by atoms with van der Waals surface area (Å²) in [5, 5.41) is 12.0. The van der Waals surface area contributed by atoms with Crippen molar-refractivity contribution in [1.29, 1.82) is 0 Å². The highest BCUT2D eigenvalue weighted by Gasteiger charge is 2.20. The molecule has 0 fully saturated rings. The molecule has 1 amide bonds. The molecule has 2 heterocycles. The lowest BCUT2D eigenvalue weighted by Gasteiger charge is -2.10. The van der Waals surface area contributed by atoms with Crippen molar-refractivity contribution < 1.29 is 14.7 Å². The van der Waals surface area contributed by atoms with Crippen molar-refractivity contribution in [1.82, 2.24) is 14.5 Å². The molecule has 0 aliphatic rings. The summed E-state index contributed by atoms with van der Waals surface area (Å²) in [5.41, 5.74) is 0.423. The van der Waals surface area contributed by atoms with Crippen molar-refractivity contribution >= 4 is 29.2 Å². The standard InChI is InChI=1S/C16H11ClN4O3/c17-11-4-3-10(21-7-1-2-8-21)9-12(11)20-15(22)13-14(16(23)24)19-6-5-18-13/h1-9H,(H,20,22)(H,23,24). The number of anilines is 1. The molecule has 0 saturated heterocycles. The van der Waals surface area contributed by atoms with Crippen LogP contribution in [0.5, 0.6) is 0 Å². The first-order valence-electron chi connectivity index (χ1n) is 6.85. The van der Waals surface area contributed by atoms with Crippen molar-refractivity contribution in [3.05, 3.63) is 71.5 Å². The average Bonchev–Trinajstić information content (AvgIpc) is 3.11. The summed E-state index contributed by atoms with van der Waals surface area (Å²) in [6.07, 6.45) is 6.15. The zero-order valence-corrected chi connectivity index (χ0v) is 12.9. The number of carbonyl (C=O) groups is 2. The van der Waals surface area contributed by atoms with Crippen LogP contribution in [0.25, 0.3) is 5.69 Å². The predicted molar refractivity (Wildman–Crippen MR) is 87.7 cm³/mol. The number of carbonyl (C=O) groups excluding carboxylic acids is 1. The van der Waals surface area contributed by atoms with Gasteiger partial charge in [0.25, 0.3) is 5.91 Å². The monoisotopic (exact) mass is 342 g/mol. The Labute approximate surface area is 141 Å². The van der Waals surface area contributed by atoms with Gasteiger partial charge < -0.3 is 15.0 Å². The maximum atomic E-state index is 12.3. The molecule has 7 nitrogen and oxygen atoms in total. The lowest BCUT2D eigenvalue weighted by molar-refractivity contribution is 0.0685. The Morgan fingerprint density at radius 3 is 2.42 bits per heavy atom. The van der Waals surface area contributed by atoms with Gasteiger partial charge in [0.15, 0.2) is 11.4 Å². The van der Waals surface area contributed by atoms with E-state index in [2.05, 4.69) is 15.3 Å². The van der Waals surface area contributed by atoms with Crippen LogP contribution in [0.3, 0.4) is 0 Å². The molecule has 3 aromatic rings. The molecule has 2 N–H and O–H groups in total. The van der Waals surface area contributed by atoms with Crippen LogP contribution in [0, 0.1) is 0 Å². The predicted octanol–water partition coefficient (Wildman–Crippen LogP) is 2.87. The third-order valence-corrected chi connectivity index (χ3v) is 3.55. The average molecular weight is 343 g/mol. The van der Waals surface area contributed by atoms with E-state index >= 15 is 0 Å². The van der Waals surface area contributed by atoms with Crippen LogP contribution in [0.4, 0.5) is 5.69 Å². The van der Waals surface area contributed by atoms with Gasteiger partial charge in [-0.3, -0.25) is 4.79 Å². The van der Waals surface area contributed by atoms with Gasteiger partial charge in [0.1, 0.15) is 0 Å². The number of aromatic carboxylic acids is 1. The van der Waals surface area contributed by atoms with Crippen LogP contribution < -0.4 is 5.32 Å². The normalized spacial score (nSPS) is 10.4. The summed E-state index contributed by atoms with van der Waals surface area (Å²) in [6.45, 7) is 0. The van der Waals surface area contributed by atoms with Gasteiger partial charge in [-0.25, -0.2) is 14.8 Å². The first-order valence-corrected chi connectivity index (χ1v) is 7.22. The zero-order valence-electron chi connectivity index (χ0n) is 12.2. The van der Waals surface area contributed by atoms with Crippen LogP contribution in [0.2, 0.25) is 5.02 Å². The third kappa shape index (κ3) is 3.11. The third-order valence-electron chi connectivity index (χ3n) is 3.22. The van der Waals surface area contributed by atoms with E-state index in [1.165, 1.54) is 12.4 Å². The van der Waals surface area contributed by atoms with E-state index in [1.807, 2.05) is 29.1 Å². The lowest BCUT2D eigenvalue weighted by atomic mass is 10.2. The summed E-state index contributed by atoms with van der Waals surface area (Å²) in [7, 11) is 0. The van der Waals surface area contributed by atoms with Crippen LogP contribution in [0.15, 0.2) is 55.1 Å². The minimum atomic E-state index is -1.33. The number of nitrogens with zero attached hydrogens (tertiary/aromatic N) is 3. The van der Waals surface area contributed by atoms with Crippen molar-refractivity contribution in [3.8, 4) is 5.69 Å². The topological polar surface area (TPSA) is 97.1 Å². The van der Waals surface area contributed by atoms with Crippen LogP contribution in [0.1, 0.15) is 21.0 Å². The summed E-state index contributed by atoms with van der Waals surface area (Å²) in [4.78, 5) is 30.9. The molecule has 0 aliphatic carbocycles. The fourth-order valence-electron chi connectivity index (χ4n) is 2.12. The second kappa shape index (κ2) is 6.51. The lowest BCUT2D eigenvalue weighted by Crippen LogP contribution is -2.19.